The number of nitrogens with one attached hydrogen (secondary N) is 1. The Kier molecular flexibility index (Phi) is 4.21. The maximum Gasteiger partial charge on any atom is 0.240 e. The van der Waals surface area contributed by atoms with E-state index < -0.39 is 5.41 Å². The maximum atomic E-state index is 11.9. The lowest BCUT2D eigenvalue weighted by atomic mass is 9.83. The van der Waals surface area contributed by atoms with Gasteiger partial charge in [0.05, 0.1) is 12.6 Å². The van der Waals surface area contributed by atoms with Crippen LogP contribution in [0, 0.1) is 23.7 Å². The first kappa shape index (κ1) is 13.2. The molecule has 1 rings (SSSR count). The van der Waals surface area contributed by atoms with Crippen LogP contribution in [0.1, 0.15) is 38.4 Å². The molecule has 0 aromatic carbocycles. The third-order valence-corrected chi connectivity index (χ3v) is 2.83. The van der Waals surface area contributed by atoms with Crippen LogP contribution in [0.4, 0.5) is 0 Å². The average Bonchev–Trinajstić information content (AvgIpc) is 2.75. The number of carbonyl (C=O) groups excluding carboxylic acids is 1. The molecule has 0 atom stereocenters. The predicted molar refractivity (Wildman–Crippen MR) is 59.5 cm³/mol. The number of amides is 1. The van der Waals surface area contributed by atoms with Crippen molar-refractivity contribution in [2.45, 2.75) is 40.2 Å². The summed E-state index contributed by atoms with van der Waals surface area (Å²) in [5, 5.41) is 15.4. The molecular formula is C11H16N4O2. The van der Waals surface area contributed by atoms with Crippen LogP contribution in [0.2, 0.25) is 0 Å². The number of aryl methyl sites for hydroxylation is 1. The molecule has 0 aliphatic heterocycles. The van der Waals surface area contributed by atoms with E-state index in [0.29, 0.717) is 24.6 Å². The number of aromatic nitrogens is 2. The highest BCUT2D eigenvalue weighted by Crippen LogP contribution is 2.25. The first-order valence-electron chi connectivity index (χ1n) is 5.56. The van der Waals surface area contributed by atoms with E-state index >= 15 is 0 Å². The Morgan fingerprint density at radius 1 is 1.53 bits per heavy atom. The molecule has 92 valence electrons. The Hall–Kier alpha value is -1.90. The van der Waals surface area contributed by atoms with E-state index in [9.17, 15) is 4.79 Å². The molecule has 6 nitrogen and oxygen atoms in total. The fourth-order valence-electron chi connectivity index (χ4n) is 1.52. The Labute approximate surface area is 100 Å². The SMILES string of the molecule is CCC(C#N)(CC)C(=O)NCc1noc(C)n1. The molecule has 0 saturated carbocycles. The summed E-state index contributed by atoms with van der Waals surface area (Å²) in [5.41, 5.74) is -0.960. The van der Waals surface area contributed by atoms with Crippen LogP contribution in [-0.4, -0.2) is 16.0 Å². The average molecular weight is 236 g/mol. The van der Waals surface area contributed by atoms with Crippen LogP contribution >= 0.6 is 0 Å². The van der Waals surface area contributed by atoms with Crippen LogP contribution < -0.4 is 5.32 Å². The molecule has 0 aliphatic rings. The lowest BCUT2D eigenvalue weighted by Crippen LogP contribution is -2.39. The summed E-state index contributed by atoms with van der Waals surface area (Å²) >= 11 is 0. The van der Waals surface area contributed by atoms with E-state index in [1.807, 2.05) is 13.8 Å². The highest BCUT2D eigenvalue weighted by atomic mass is 16.5. The summed E-state index contributed by atoms with van der Waals surface area (Å²) in [4.78, 5) is 15.9. The van der Waals surface area contributed by atoms with Crippen molar-refractivity contribution in [1.82, 2.24) is 15.5 Å². The summed E-state index contributed by atoms with van der Waals surface area (Å²) in [6, 6.07) is 2.08. The van der Waals surface area contributed by atoms with Gasteiger partial charge in [0.2, 0.25) is 11.8 Å². The largest absolute Gasteiger partial charge is 0.347 e. The summed E-state index contributed by atoms with van der Waals surface area (Å²) in [5.74, 6) is 0.578. The number of nitriles is 1. The fraction of sp³-hybridized carbons (Fsp3) is 0.636. The van der Waals surface area contributed by atoms with Crippen LogP contribution in [0.15, 0.2) is 4.52 Å². The van der Waals surface area contributed by atoms with Gasteiger partial charge in [0.1, 0.15) is 5.41 Å². The molecule has 0 bridgehead atoms. The minimum Gasteiger partial charge on any atom is -0.347 e. The van der Waals surface area contributed by atoms with Gasteiger partial charge in [0.25, 0.3) is 0 Å². The van der Waals surface area contributed by atoms with Gasteiger partial charge in [-0.15, -0.1) is 0 Å². The van der Waals surface area contributed by atoms with Crippen LogP contribution in [0.3, 0.4) is 0 Å². The number of rotatable bonds is 5. The van der Waals surface area contributed by atoms with Gasteiger partial charge in [-0.3, -0.25) is 4.79 Å². The van der Waals surface area contributed by atoms with Gasteiger partial charge >= 0.3 is 0 Å². The van der Waals surface area contributed by atoms with Gasteiger partial charge in [-0.1, -0.05) is 19.0 Å². The third-order valence-electron chi connectivity index (χ3n) is 2.83. The third kappa shape index (κ3) is 2.81. The normalized spacial score (nSPS) is 10.9. The van der Waals surface area contributed by atoms with E-state index in [1.54, 1.807) is 6.92 Å². The quantitative estimate of drug-likeness (QED) is 0.832. The van der Waals surface area contributed by atoms with Crippen LogP contribution in [-0.2, 0) is 11.3 Å². The monoisotopic (exact) mass is 236 g/mol. The second-order valence-electron chi connectivity index (χ2n) is 3.81. The van der Waals surface area contributed by atoms with Crippen molar-refractivity contribution >= 4 is 5.91 Å². The smallest absolute Gasteiger partial charge is 0.240 e. The molecule has 0 fully saturated rings. The number of nitrogens with zero attached hydrogens (tertiary/aromatic N) is 3. The highest BCUT2D eigenvalue weighted by Gasteiger charge is 2.34. The molecule has 1 heterocycles. The fourth-order valence-corrected chi connectivity index (χ4v) is 1.52. The lowest BCUT2D eigenvalue weighted by molar-refractivity contribution is -0.128. The van der Waals surface area contributed by atoms with E-state index in [0.717, 1.165) is 0 Å². The van der Waals surface area contributed by atoms with Crippen molar-refractivity contribution in [3.8, 4) is 6.07 Å². The van der Waals surface area contributed by atoms with Gasteiger partial charge < -0.3 is 9.84 Å². The van der Waals surface area contributed by atoms with Crippen LogP contribution in [0.5, 0.6) is 0 Å². The molecular weight excluding hydrogens is 220 g/mol. The molecule has 1 aromatic heterocycles. The molecule has 1 N–H and O–H groups in total. The Bertz CT molecular complexity index is 429. The topological polar surface area (TPSA) is 91.8 Å². The van der Waals surface area contributed by atoms with E-state index in [4.69, 9.17) is 9.78 Å². The number of carbonyl (C=O) groups is 1. The molecule has 0 unspecified atom stereocenters. The van der Waals surface area contributed by atoms with Gasteiger partial charge in [-0.05, 0) is 12.8 Å². The summed E-state index contributed by atoms with van der Waals surface area (Å²) in [6.45, 7) is 5.51. The van der Waals surface area contributed by atoms with Crippen molar-refractivity contribution in [3.63, 3.8) is 0 Å². The van der Waals surface area contributed by atoms with Gasteiger partial charge in [-0.2, -0.15) is 10.2 Å². The minimum absolute atomic E-state index is 0.180. The second-order valence-corrected chi connectivity index (χ2v) is 3.81. The molecule has 17 heavy (non-hydrogen) atoms. The van der Waals surface area contributed by atoms with Gasteiger partial charge in [0, 0.05) is 6.92 Å². The van der Waals surface area contributed by atoms with Crippen molar-refractivity contribution in [2.24, 2.45) is 5.41 Å². The van der Waals surface area contributed by atoms with Crippen molar-refractivity contribution in [2.75, 3.05) is 0 Å². The zero-order valence-electron chi connectivity index (χ0n) is 10.3. The summed E-state index contributed by atoms with van der Waals surface area (Å²) in [6.07, 6.45) is 0.966. The molecule has 6 heteroatoms. The standard InChI is InChI=1S/C11H16N4O2/c1-4-11(5-2,7-12)10(16)13-6-9-14-8(3)17-15-9/h4-6H2,1-3H3,(H,13,16). The van der Waals surface area contributed by atoms with E-state index in [-0.39, 0.29) is 12.5 Å². The molecule has 1 amide bonds. The Balaban J connectivity index is 2.63. The minimum atomic E-state index is -0.960. The highest BCUT2D eigenvalue weighted by molar-refractivity contribution is 5.85. The van der Waals surface area contributed by atoms with Crippen LogP contribution in [0.25, 0.3) is 0 Å². The zero-order valence-corrected chi connectivity index (χ0v) is 10.3. The zero-order chi connectivity index (χ0) is 12.9. The van der Waals surface area contributed by atoms with E-state index in [1.165, 1.54) is 0 Å². The molecule has 0 spiro atoms. The number of hydrogen-bond donors (Lipinski definition) is 1. The summed E-state index contributed by atoms with van der Waals surface area (Å²) in [7, 11) is 0. The molecule has 1 aromatic rings. The second kappa shape index (κ2) is 5.43. The molecule has 0 radical (unpaired) electrons. The van der Waals surface area contributed by atoms with Crippen molar-refractivity contribution < 1.29 is 9.32 Å². The first-order valence-corrected chi connectivity index (χ1v) is 5.56. The maximum absolute atomic E-state index is 11.9. The first-order chi connectivity index (χ1) is 8.07. The molecule has 0 saturated heterocycles. The number of hydrogen-bond acceptors (Lipinski definition) is 5. The summed E-state index contributed by atoms with van der Waals surface area (Å²) < 4.78 is 4.78. The van der Waals surface area contributed by atoms with Gasteiger partial charge in [0.15, 0.2) is 5.82 Å². The van der Waals surface area contributed by atoms with Crippen molar-refractivity contribution in [3.05, 3.63) is 11.7 Å². The van der Waals surface area contributed by atoms with Gasteiger partial charge in [-0.25, -0.2) is 0 Å². The van der Waals surface area contributed by atoms with Crippen molar-refractivity contribution in [1.29, 1.82) is 5.26 Å². The lowest BCUT2D eigenvalue weighted by Gasteiger charge is -2.21. The predicted octanol–water partition coefficient (Wildman–Crippen LogP) is 1.32. The Morgan fingerprint density at radius 2 is 2.18 bits per heavy atom. The van der Waals surface area contributed by atoms with E-state index in [2.05, 4.69) is 21.5 Å². The Morgan fingerprint density at radius 3 is 2.59 bits per heavy atom. The molecule has 0 aliphatic carbocycles.